The van der Waals surface area contributed by atoms with Crippen molar-refractivity contribution in [1.82, 2.24) is 19.8 Å². The van der Waals surface area contributed by atoms with Crippen molar-refractivity contribution in [2.45, 2.75) is 25.3 Å². The molecule has 0 aliphatic carbocycles. The highest BCUT2D eigenvalue weighted by atomic mass is 16.2. The first-order valence-electron chi connectivity index (χ1n) is 6.05. The lowest BCUT2D eigenvalue weighted by atomic mass is 10.1. The molecule has 2 rings (SSSR count). The number of nitrogens with zero attached hydrogens (tertiary/aromatic N) is 3. The Labute approximate surface area is 102 Å². The van der Waals surface area contributed by atoms with Crippen LogP contribution in [0.4, 0.5) is 0 Å². The number of carbonyl (C=O) groups is 1. The van der Waals surface area contributed by atoms with E-state index in [9.17, 15) is 4.79 Å². The highest BCUT2D eigenvalue weighted by molar-refractivity contribution is 5.79. The van der Waals surface area contributed by atoms with E-state index >= 15 is 0 Å². The van der Waals surface area contributed by atoms with Crippen LogP contribution in [0.3, 0.4) is 0 Å². The number of aromatic nitrogens is 2. The highest BCUT2D eigenvalue weighted by Crippen LogP contribution is 2.24. The second-order valence-corrected chi connectivity index (χ2v) is 4.82. The molecule has 0 bridgehead atoms. The van der Waals surface area contributed by atoms with Crippen molar-refractivity contribution in [2.75, 3.05) is 27.2 Å². The van der Waals surface area contributed by atoms with E-state index in [0.717, 1.165) is 25.2 Å². The molecule has 1 aromatic rings. The lowest BCUT2D eigenvalue weighted by Crippen LogP contribution is -2.30. The van der Waals surface area contributed by atoms with Gasteiger partial charge in [0.25, 0.3) is 0 Å². The minimum atomic E-state index is -0.178. The molecular weight excluding hydrogens is 216 g/mol. The highest BCUT2D eigenvalue weighted by Gasteiger charge is 2.25. The van der Waals surface area contributed by atoms with E-state index in [-0.39, 0.29) is 11.9 Å². The van der Waals surface area contributed by atoms with Crippen LogP contribution in [0.5, 0.6) is 0 Å². The van der Waals surface area contributed by atoms with Crippen molar-refractivity contribution in [3.8, 4) is 0 Å². The minimum absolute atomic E-state index is 0.107. The standard InChI is InChI=1S/C12H20N4O/c1-9(12(17)15(2)3)16-8-14-7-11(16)10-4-5-13-6-10/h7-10,13H,4-6H2,1-3H3. The predicted octanol–water partition coefficient (Wildman–Crippen LogP) is 0.609. The Hall–Kier alpha value is -1.36. The summed E-state index contributed by atoms with van der Waals surface area (Å²) in [5.74, 6) is 0.588. The number of hydrogen-bond donors (Lipinski definition) is 1. The molecule has 5 nitrogen and oxygen atoms in total. The summed E-state index contributed by atoms with van der Waals surface area (Å²) >= 11 is 0. The van der Waals surface area contributed by atoms with Crippen molar-refractivity contribution in [2.24, 2.45) is 0 Å². The number of hydrogen-bond acceptors (Lipinski definition) is 3. The SMILES string of the molecule is CC(C(=O)N(C)C)n1cncc1C1CCNC1. The molecule has 0 aromatic carbocycles. The molecule has 1 aromatic heterocycles. The van der Waals surface area contributed by atoms with Crippen LogP contribution in [0.1, 0.15) is 31.0 Å². The summed E-state index contributed by atoms with van der Waals surface area (Å²) in [5, 5.41) is 3.34. The molecule has 2 heterocycles. The molecule has 1 aliphatic heterocycles. The lowest BCUT2D eigenvalue weighted by Gasteiger charge is -2.21. The van der Waals surface area contributed by atoms with Crippen LogP contribution in [0, 0.1) is 0 Å². The summed E-state index contributed by atoms with van der Waals surface area (Å²) in [4.78, 5) is 17.8. The van der Waals surface area contributed by atoms with Gasteiger partial charge in [0.2, 0.25) is 5.91 Å². The normalized spacial score (nSPS) is 21.5. The molecule has 17 heavy (non-hydrogen) atoms. The van der Waals surface area contributed by atoms with Gasteiger partial charge in [0.15, 0.2) is 0 Å². The van der Waals surface area contributed by atoms with Crippen molar-refractivity contribution in [3.05, 3.63) is 18.2 Å². The summed E-state index contributed by atoms with van der Waals surface area (Å²) in [6.45, 7) is 3.95. The van der Waals surface area contributed by atoms with Gasteiger partial charge in [0, 0.05) is 38.4 Å². The average molecular weight is 236 g/mol. The van der Waals surface area contributed by atoms with Crippen molar-refractivity contribution in [3.63, 3.8) is 0 Å². The Kier molecular flexibility index (Phi) is 3.47. The summed E-state index contributed by atoms with van der Waals surface area (Å²) in [6.07, 6.45) is 4.77. The zero-order chi connectivity index (χ0) is 12.4. The van der Waals surface area contributed by atoms with Crippen LogP contribution in [-0.4, -0.2) is 47.5 Å². The molecule has 5 heteroatoms. The molecule has 0 radical (unpaired) electrons. The number of likely N-dealkylation sites (N-methyl/N-ethyl adjacent to an activating group) is 1. The van der Waals surface area contributed by atoms with Gasteiger partial charge in [0.1, 0.15) is 6.04 Å². The molecule has 1 saturated heterocycles. The van der Waals surface area contributed by atoms with Crippen LogP contribution in [0.2, 0.25) is 0 Å². The molecule has 94 valence electrons. The van der Waals surface area contributed by atoms with E-state index < -0.39 is 0 Å². The third kappa shape index (κ3) is 2.34. The fourth-order valence-corrected chi connectivity index (χ4v) is 2.35. The van der Waals surface area contributed by atoms with Gasteiger partial charge in [-0.15, -0.1) is 0 Å². The maximum absolute atomic E-state index is 12.0. The van der Waals surface area contributed by atoms with Crippen LogP contribution in [0.25, 0.3) is 0 Å². The van der Waals surface area contributed by atoms with Crippen LogP contribution in [-0.2, 0) is 4.79 Å². The average Bonchev–Trinajstić information content (AvgIpc) is 2.96. The number of amides is 1. The lowest BCUT2D eigenvalue weighted by molar-refractivity contribution is -0.131. The first-order valence-corrected chi connectivity index (χ1v) is 6.05. The Balaban J connectivity index is 2.20. The molecule has 1 N–H and O–H groups in total. The second kappa shape index (κ2) is 4.87. The maximum Gasteiger partial charge on any atom is 0.244 e. The van der Waals surface area contributed by atoms with Crippen molar-refractivity contribution >= 4 is 5.91 Å². The zero-order valence-corrected chi connectivity index (χ0v) is 10.7. The molecular formula is C12H20N4O. The predicted molar refractivity (Wildman–Crippen MR) is 65.9 cm³/mol. The van der Waals surface area contributed by atoms with Gasteiger partial charge in [-0.25, -0.2) is 4.98 Å². The van der Waals surface area contributed by atoms with Crippen molar-refractivity contribution < 1.29 is 4.79 Å². The summed E-state index contributed by atoms with van der Waals surface area (Å²) < 4.78 is 2.00. The van der Waals surface area contributed by atoms with E-state index in [2.05, 4.69) is 10.3 Å². The van der Waals surface area contributed by atoms with Crippen LogP contribution in [0.15, 0.2) is 12.5 Å². The molecule has 2 unspecified atom stereocenters. The first kappa shape index (κ1) is 12.1. The summed E-state index contributed by atoms with van der Waals surface area (Å²) in [5.41, 5.74) is 1.16. The Morgan fingerprint density at radius 3 is 3.00 bits per heavy atom. The molecule has 2 atom stereocenters. The quantitative estimate of drug-likeness (QED) is 0.836. The van der Waals surface area contributed by atoms with Crippen molar-refractivity contribution in [1.29, 1.82) is 0 Å². The zero-order valence-electron chi connectivity index (χ0n) is 10.7. The Morgan fingerprint density at radius 2 is 2.41 bits per heavy atom. The number of nitrogens with one attached hydrogen (secondary N) is 1. The number of imidazole rings is 1. The third-order valence-corrected chi connectivity index (χ3v) is 3.39. The van der Waals surface area contributed by atoms with Gasteiger partial charge in [-0.1, -0.05) is 0 Å². The monoisotopic (exact) mass is 236 g/mol. The molecule has 1 amide bonds. The fraction of sp³-hybridized carbons (Fsp3) is 0.667. The van der Waals surface area contributed by atoms with Gasteiger partial charge in [-0.3, -0.25) is 4.79 Å². The Bertz CT molecular complexity index is 393. The third-order valence-electron chi connectivity index (χ3n) is 3.39. The minimum Gasteiger partial charge on any atom is -0.347 e. The van der Waals surface area contributed by atoms with Gasteiger partial charge in [-0.05, 0) is 19.9 Å². The fourth-order valence-electron chi connectivity index (χ4n) is 2.35. The van der Waals surface area contributed by atoms with Gasteiger partial charge in [0.05, 0.1) is 6.33 Å². The molecule has 0 saturated carbocycles. The van der Waals surface area contributed by atoms with Gasteiger partial charge < -0.3 is 14.8 Å². The maximum atomic E-state index is 12.0. The van der Waals surface area contributed by atoms with Gasteiger partial charge in [-0.2, -0.15) is 0 Å². The van der Waals surface area contributed by atoms with E-state index in [0.29, 0.717) is 5.92 Å². The Morgan fingerprint density at radius 1 is 1.65 bits per heavy atom. The van der Waals surface area contributed by atoms with E-state index in [1.807, 2.05) is 17.7 Å². The van der Waals surface area contributed by atoms with Crippen LogP contribution < -0.4 is 5.32 Å². The smallest absolute Gasteiger partial charge is 0.244 e. The second-order valence-electron chi connectivity index (χ2n) is 4.82. The summed E-state index contributed by atoms with van der Waals surface area (Å²) in [6, 6.07) is -0.178. The van der Waals surface area contributed by atoms with Crippen LogP contribution >= 0.6 is 0 Å². The first-order chi connectivity index (χ1) is 8.11. The number of rotatable bonds is 3. The number of carbonyl (C=O) groups excluding carboxylic acids is 1. The largest absolute Gasteiger partial charge is 0.347 e. The van der Waals surface area contributed by atoms with E-state index in [1.165, 1.54) is 0 Å². The van der Waals surface area contributed by atoms with Gasteiger partial charge >= 0.3 is 0 Å². The molecule has 1 aliphatic rings. The summed E-state index contributed by atoms with van der Waals surface area (Å²) in [7, 11) is 3.57. The van der Waals surface area contributed by atoms with E-state index in [1.54, 1.807) is 25.3 Å². The van der Waals surface area contributed by atoms with E-state index in [4.69, 9.17) is 0 Å². The topological polar surface area (TPSA) is 50.2 Å². The molecule has 1 fully saturated rings. The molecule has 0 spiro atoms.